The molecule has 16 heavy (non-hydrogen) atoms. The van der Waals surface area contributed by atoms with Gasteiger partial charge in [0.1, 0.15) is 17.5 Å². The van der Waals surface area contributed by atoms with Gasteiger partial charge in [0.25, 0.3) is 0 Å². The van der Waals surface area contributed by atoms with E-state index in [0.29, 0.717) is 6.54 Å². The van der Waals surface area contributed by atoms with E-state index in [1.807, 2.05) is 27.0 Å². The molecule has 0 spiro atoms. The molecular formula is C11H20N4O. The Kier molecular flexibility index (Phi) is 4.49. The van der Waals surface area contributed by atoms with Gasteiger partial charge in [-0.1, -0.05) is 13.8 Å². The fourth-order valence-electron chi connectivity index (χ4n) is 1.19. The summed E-state index contributed by atoms with van der Waals surface area (Å²) in [6.45, 7) is 6.31. The van der Waals surface area contributed by atoms with Crippen molar-refractivity contribution in [3.05, 3.63) is 11.9 Å². The van der Waals surface area contributed by atoms with Crippen LogP contribution in [0, 0.1) is 0 Å². The molecule has 1 aromatic heterocycles. The molecule has 5 heteroatoms. The molecule has 5 nitrogen and oxygen atoms in total. The summed E-state index contributed by atoms with van der Waals surface area (Å²) >= 11 is 0. The molecule has 1 aromatic rings. The van der Waals surface area contributed by atoms with Gasteiger partial charge in [0.05, 0.1) is 6.10 Å². The molecular weight excluding hydrogens is 204 g/mol. The van der Waals surface area contributed by atoms with Crippen molar-refractivity contribution in [2.75, 3.05) is 24.2 Å². The number of hydrogen-bond donors (Lipinski definition) is 3. The highest BCUT2D eigenvalue weighted by atomic mass is 16.3. The van der Waals surface area contributed by atoms with E-state index in [0.717, 1.165) is 17.5 Å². The second-order valence-electron chi connectivity index (χ2n) is 4.13. The Balaban J connectivity index is 2.86. The molecule has 0 aromatic carbocycles. The second-order valence-corrected chi connectivity index (χ2v) is 4.13. The summed E-state index contributed by atoms with van der Waals surface area (Å²) in [5.41, 5.74) is 0. The highest BCUT2D eigenvalue weighted by molar-refractivity contribution is 5.47. The molecule has 0 fully saturated rings. The number of aliphatic hydroxyl groups is 1. The van der Waals surface area contributed by atoms with Crippen molar-refractivity contribution in [2.45, 2.75) is 32.8 Å². The van der Waals surface area contributed by atoms with Crippen molar-refractivity contribution in [1.82, 2.24) is 9.97 Å². The number of hydrogen-bond acceptors (Lipinski definition) is 5. The first-order valence-corrected chi connectivity index (χ1v) is 5.51. The molecule has 0 radical (unpaired) electrons. The quantitative estimate of drug-likeness (QED) is 0.706. The van der Waals surface area contributed by atoms with E-state index in [1.165, 1.54) is 0 Å². The molecule has 0 saturated heterocycles. The van der Waals surface area contributed by atoms with Crippen LogP contribution in [0.3, 0.4) is 0 Å². The summed E-state index contributed by atoms with van der Waals surface area (Å²) < 4.78 is 0. The summed E-state index contributed by atoms with van der Waals surface area (Å²) in [6.07, 6.45) is -0.393. The highest BCUT2D eigenvalue weighted by Crippen LogP contribution is 2.16. The molecule has 0 aliphatic heterocycles. The van der Waals surface area contributed by atoms with Crippen LogP contribution in [0.15, 0.2) is 6.07 Å². The minimum absolute atomic E-state index is 0.278. The van der Waals surface area contributed by atoms with E-state index < -0.39 is 6.10 Å². The zero-order valence-electron chi connectivity index (χ0n) is 10.3. The van der Waals surface area contributed by atoms with Crippen molar-refractivity contribution < 1.29 is 5.11 Å². The number of anilines is 2. The summed E-state index contributed by atoms with van der Waals surface area (Å²) in [7, 11) is 1.82. The lowest BCUT2D eigenvalue weighted by Gasteiger charge is -2.12. The van der Waals surface area contributed by atoms with E-state index in [1.54, 1.807) is 6.92 Å². The largest absolute Gasteiger partial charge is 0.392 e. The average Bonchev–Trinajstić information content (AvgIpc) is 2.25. The van der Waals surface area contributed by atoms with Gasteiger partial charge in [-0.25, -0.2) is 9.97 Å². The fourth-order valence-corrected chi connectivity index (χ4v) is 1.19. The van der Waals surface area contributed by atoms with Gasteiger partial charge >= 0.3 is 0 Å². The van der Waals surface area contributed by atoms with Crippen LogP contribution in [0.1, 0.15) is 32.5 Å². The van der Waals surface area contributed by atoms with Crippen molar-refractivity contribution in [1.29, 1.82) is 0 Å². The standard InChI is InChI=1S/C11H20N4O/c1-7(2)11-14-9(12-4)5-10(15-11)13-6-8(3)16/h5,7-8,16H,6H2,1-4H3,(H2,12,13,14,15). The summed E-state index contributed by atoms with van der Waals surface area (Å²) in [5, 5.41) is 15.3. The third kappa shape index (κ3) is 3.66. The fraction of sp³-hybridized carbons (Fsp3) is 0.636. The Morgan fingerprint density at radius 3 is 2.38 bits per heavy atom. The maximum absolute atomic E-state index is 9.20. The van der Waals surface area contributed by atoms with Gasteiger partial charge in [-0.15, -0.1) is 0 Å². The Morgan fingerprint density at radius 2 is 1.88 bits per heavy atom. The van der Waals surface area contributed by atoms with Crippen LogP contribution in [-0.4, -0.2) is 34.8 Å². The summed E-state index contributed by atoms with van der Waals surface area (Å²) in [4.78, 5) is 8.73. The van der Waals surface area contributed by atoms with Gasteiger partial charge in [0.2, 0.25) is 0 Å². The number of aliphatic hydroxyl groups excluding tert-OH is 1. The van der Waals surface area contributed by atoms with Crippen molar-refractivity contribution in [3.63, 3.8) is 0 Å². The van der Waals surface area contributed by atoms with Gasteiger partial charge in [-0.2, -0.15) is 0 Å². The van der Waals surface area contributed by atoms with E-state index in [4.69, 9.17) is 0 Å². The first kappa shape index (κ1) is 12.7. The van der Waals surface area contributed by atoms with Crippen LogP contribution in [-0.2, 0) is 0 Å². The van der Waals surface area contributed by atoms with E-state index in [2.05, 4.69) is 20.6 Å². The molecule has 3 N–H and O–H groups in total. The first-order chi connectivity index (χ1) is 7.52. The minimum atomic E-state index is -0.393. The topological polar surface area (TPSA) is 70.1 Å². The van der Waals surface area contributed by atoms with Crippen molar-refractivity contribution in [2.24, 2.45) is 0 Å². The Labute approximate surface area is 96.3 Å². The number of rotatable bonds is 5. The number of nitrogens with one attached hydrogen (secondary N) is 2. The lowest BCUT2D eigenvalue weighted by atomic mass is 10.2. The molecule has 0 amide bonds. The van der Waals surface area contributed by atoms with Crippen molar-refractivity contribution in [3.8, 4) is 0 Å². The summed E-state index contributed by atoms with van der Waals surface area (Å²) in [6, 6.07) is 1.83. The molecule has 90 valence electrons. The lowest BCUT2D eigenvalue weighted by molar-refractivity contribution is 0.208. The number of nitrogens with zero attached hydrogens (tertiary/aromatic N) is 2. The van der Waals surface area contributed by atoms with E-state index in [-0.39, 0.29) is 5.92 Å². The van der Waals surface area contributed by atoms with Crippen LogP contribution >= 0.6 is 0 Å². The normalized spacial score (nSPS) is 12.6. The van der Waals surface area contributed by atoms with E-state index in [9.17, 15) is 5.11 Å². The van der Waals surface area contributed by atoms with Crippen LogP contribution < -0.4 is 10.6 Å². The SMILES string of the molecule is CNc1cc(NCC(C)O)nc(C(C)C)n1. The predicted molar refractivity (Wildman–Crippen MR) is 65.8 cm³/mol. The molecule has 0 aliphatic carbocycles. The average molecular weight is 224 g/mol. The first-order valence-electron chi connectivity index (χ1n) is 5.51. The maximum Gasteiger partial charge on any atom is 0.135 e. The zero-order valence-corrected chi connectivity index (χ0v) is 10.3. The molecule has 1 rings (SSSR count). The smallest absolute Gasteiger partial charge is 0.135 e. The molecule has 1 atom stereocenters. The highest BCUT2D eigenvalue weighted by Gasteiger charge is 2.07. The Morgan fingerprint density at radius 1 is 1.25 bits per heavy atom. The monoisotopic (exact) mass is 224 g/mol. The second kappa shape index (κ2) is 5.65. The molecule has 1 unspecified atom stereocenters. The van der Waals surface area contributed by atoms with Gasteiger partial charge in [0, 0.05) is 25.6 Å². The third-order valence-electron chi connectivity index (χ3n) is 2.09. The van der Waals surface area contributed by atoms with E-state index >= 15 is 0 Å². The Bertz CT molecular complexity index is 339. The Hall–Kier alpha value is -1.36. The third-order valence-corrected chi connectivity index (χ3v) is 2.09. The lowest BCUT2D eigenvalue weighted by Crippen LogP contribution is -2.17. The van der Waals surface area contributed by atoms with Crippen LogP contribution in [0.5, 0.6) is 0 Å². The van der Waals surface area contributed by atoms with Crippen LogP contribution in [0.2, 0.25) is 0 Å². The summed E-state index contributed by atoms with van der Waals surface area (Å²) in [5.74, 6) is 2.59. The molecule has 1 heterocycles. The zero-order chi connectivity index (χ0) is 12.1. The number of aromatic nitrogens is 2. The minimum Gasteiger partial charge on any atom is -0.392 e. The molecule has 0 saturated carbocycles. The molecule has 0 bridgehead atoms. The van der Waals surface area contributed by atoms with Gasteiger partial charge in [-0.3, -0.25) is 0 Å². The van der Waals surface area contributed by atoms with Crippen LogP contribution in [0.4, 0.5) is 11.6 Å². The van der Waals surface area contributed by atoms with Gasteiger partial charge < -0.3 is 15.7 Å². The molecule has 0 aliphatic rings. The van der Waals surface area contributed by atoms with Gasteiger partial charge in [0.15, 0.2) is 0 Å². The van der Waals surface area contributed by atoms with Gasteiger partial charge in [-0.05, 0) is 6.92 Å². The van der Waals surface area contributed by atoms with Crippen molar-refractivity contribution >= 4 is 11.6 Å². The predicted octanol–water partition coefficient (Wildman–Crippen LogP) is 1.43. The maximum atomic E-state index is 9.20. The van der Waals surface area contributed by atoms with Crippen LogP contribution in [0.25, 0.3) is 0 Å².